The zero-order valence-corrected chi connectivity index (χ0v) is 20.3. The second kappa shape index (κ2) is 9.88. The Morgan fingerprint density at radius 1 is 1.06 bits per heavy atom. The quantitative estimate of drug-likeness (QED) is 0.325. The molecule has 2 aromatic carbocycles. The van der Waals surface area contributed by atoms with Gasteiger partial charge in [0.2, 0.25) is 5.95 Å². The fourth-order valence-electron chi connectivity index (χ4n) is 3.83. The van der Waals surface area contributed by atoms with Crippen LogP contribution >= 0.6 is 0 Å². The predicted octanol–water partition coefficient (Wildman–Crippen LogP) is 3.79. The van der Waals surface area contributed by atoms with E-state index in [-0.39, 0.29) is 0 Å². The summed E-state index contributed by atoms with van der Waals surface area (Å²) in [6.45, 7) is 1.76. The highest BCUT2D eigenvalue weighted by molar-refractivity contribution is 5.83. The van der Waals surface area contributed by atoms with Crippen molar-refractivity contribution >= 4 is 39.6 Å². The third-order valence-electron chi connectivity index (χ3n) is 5.75. The van der Waals surface area contributed by atoms with E-state index in [0.717, 1.165) is 41.2 Å². The molecule has 0 saturated carbocycles. The number of benzene rings is 2. The van der Waals surface area contributed by atoms with E-state index in [1.165, 1.54) is 0 Å². The zero-order valence-electron chi connectivity index (χ0n) is 20.3. The molecule has 2 aromatic heterocycles. The van der Waals surface area contributed by atoms with Crippen LogP contribution in [-0.4, -0.2) is 67.8 Å². The van der Waals surface area contributed by atoms with Crippen LogP contribution in [0.15, 0.2) is 54.9 Å². The summed E-state index contributed by atoms with van der Waals surface area (Å²) >= 11 is 0. The number of hydrogen-bond donors (Lipinski definition) is 3. The number of methoxy groups -OCH3 is 1. The molecule has 4 N–H and O–H groups in total. The summed E-state index contributed by atoms with van der Waals surface area (Å²) in [4.78, 5) is 13.6. The summed E-state index contributed by atoms with van der Waals surface area (Å²) in [5.41, 5.74) is 10.6. The molecule has 0 aliphatic heterocycles. The molecule has 0 aliphatic rings. The van der Waals surface area contributed by atoms with Crippen LogP contribution < -0.4 is 26.0 Å². The van der Waals surface area contributed by atoms with Gasteiger partial charge in [-0.05, 0) is 37.7 Å². The molecule has 0 fully saturated rings. The molecule has 0 spiro atoms. The number of hydrogen-bond acceptors (Lipinski definition) is 8. The summed E-state index contributed by atoms with van der Waals surface area (Å²) < 4.78 is 7.71. The monoisotopic (exact) mass is 460 g/mol. The van der Waals surface area contributed by atoms with Gasteiger partial charge >= 0.3 is 0 Å². The average molecular weight is 461 g/mol. The number of aromatic nitrogens is 3. The highest BCUT2D eigenvalue weighted by Crippen LogP contribution is 2.36. The number of nitrogens with two attached hydrogens (primary N) is 1. The molecule has 9 heteroatoms. The average Bonchev–Trinajstić information content (AvgIpc) is 3.26. The number of likely N-dealkylation sites (N-methyl/N-ethyl adjacent to an activating group) is 2. The Kier molecular flexibility index (Phi) is 6.74. The Balaban J connectivity index is 1.67. The van der Waals surface area contributed by atoms with E-state index in [9.17, 15) is 0 Å². The second-order valence-corrected chi connectivity index (χ2v) is 8.39. The SMILES string of the molecule is CNc1cnc(Nc2cc(N)c(N(C)CCN(C)C)cc2OC)nc1-n1ccc2ccccc21. The maximum atomic E-state index is 6.42. The summed E-state index contributed by atoms with van der Waals surface area (Å²) in [6.07, 6.45) is 3.77. The first-order chi connectivity index (χ1) is 16.4. The van der Waals surface area contributed by atoms with Gasteiger partial charge in [-0.15, -0.1) is 0 Å². The number of rotatable bonds is 9. The minimum Gasteiger partial charge on any atom is -0.494 e. The van der Waals surface area contributed by atoms with Crippen molar-refractivity contribution in [3.05, 3.63) is 54.9 Å². The summed E-state index contributed by atoms with van der Waals surface area (Å²) in [7, 11) is 9.62. The fourth-order valence-corrected chi connectivity index (χ4v) is 3.83. The van der Waals surface area contributed by atoms with Crippen molar-refractivity contribution in [3.8, 4) is 11.6 Å². The zero-order chi connectivity index (χ0) is 24.2. The van der Waals surface area contributed by atoms with Gasteiger partial charge in [-0.2, -0.15) is 4.98 Å². The molecule has 4 aromatic rings. The van der Waals surface area contributed by atoms with E-state index in [0.29, 0.717) is 23.1 Å². The lowest BCUT2D eigenvalue weighted by Crippen LogP contribution is -2.29. The molecule has 0 saturated heterocycles. The Labute approximate surface area is 200 Å². The molecule has 0 aliphatic carbocycles. The summed E-state index contributed by atoms with van der Waals surface area (Å²) in [6, 6.07) is 14.1. The van der Waals surface area contributed by atoms with Crippen molar-refractivity contribution in [1.82, 2.24) is 19.4 Å². The first-order valence-electron chi connectivity index (χ1n) is 11.1. The number of fused-ring (bicyclic) bond motifs is 1. The van der Waals surface area contributed by atoms with E-state index in [4.69, 9.17) is 15.5 Å². The van der Waals surface area contributed by atoms with Gasteiger partial charge in [-0.1, -0.05) is 18.2 Å². The topological polar surface area (TPSA) is 96.5 Å². The maximum Gasteiger partial charge on any atom is 0.229 e. The van der Waals surface area contributed by atoms with Crippen molar-refractivity contribution < 1.29 is 4.74 Å². The molecule has 2 heterocycles. The molecule has 0 atom stereocenters. The standard InChI is InChI=1S/C25H32N8O/c1-27-20-16-28-25(30-24(20)33-11-10-17-8-6-7-9-21(17)33)29-19-14-18(26)22(15-23(19)34-5)32(4)13-12-31(2)3/h6-11,14-16,27H,12-13,26H2,1-5H3,(H,28,29,30). The number of anilines is 5. The minimum absolute atomic E-state index is 0.443. The fraction of sp³-hybridized carbons (Fsp3) is 0.280. The van der Waals surface area contributed by atoms with Crippen LogP contribution in [0.5, 0.6) is 5.75 Å². The number of ether oxygens (including phenoxy) is 1. The van der Waals surface area contributed by atoms with Crippen molar-refractivity contribution in [1.29, 1.82) is 0 Å². The van der Waals surface area contributed by atoms with Crippen LogP contribution in [0.1, 0.15) is 0 Å². The van der Waals surface area contributed by atoms with Crippen LogP contribution in [0, 0.1) is 0 Å². The van der Waals surface area contributed by atoms with Crippen LogP contribution in [0.4, 0.5) is 28.7 Å². The van der Waals surface area contributed by atoms with Gasteiger partial charge < -0.3 is 30.9 Å². The lowest BCUT2D eigenvalue weighted by atomic mass is 10.2. The van der Waals surface area contributed by atoms with Crippen molar-refractivity contribution in [2.75, 3.05) is 69.7 Å². The van der Waals surface area contributed by atoms with Crippen LogP contribution in [0.3, 0.4) is 0 Å². The van der Waals surface area contributed by atoms with Gasteiger partial charge in [-0.3, -0.25) is 4.57 Å². The van der Waals surface area contributed by atoms with E-state index in [1.54, 1.807) is 13.3 Å². The lowest BCUT2D eigenvalue weighted by molar-refractivity contribution is 0.413. The van der Waals surface area contributed by atoms with Gasteiger partial charge in [0.1, 0.15) is 5.75 Å². The highest BCUT2D eigenvalue weighted by atomic mass is 16.5. The summed E-state index contributed by atoms with van der Waals surface area (Å²) in [5.74, 6) is 1.85. The molecule has 0 unspecified atom stereocenters. The smallest absolute Gasteiger partial charge is 0.229 e. The first-order valence-corrected chi connectivity index (χ1v) is 11.1. The van der Waals surface area contributed by atoms with Crippen molar-refractivity contribution in [2.24, 2.45) is 0 Å². The van der Waals surface area contributed by atoms with E-state index < -0.39 is 0 Å². The largest absolute Gasteiger partial charge is 0.494 e. The molecule has 4 rings (SSSR count). The number of nitrogens with one attached hydrogen (secondary N) is 2. The number of para-hydroxylation sites is 1. The third kappa shape index (κ3) is 4.69. The van der Waals surface area contributed by atoms with E-state index in [2.05, 4.69) is 57.7 Å². The normalized spacial score (nSPS) is 11.1. The van der Waals surface area contributed by atoms with Crippen LogP contribution in [-0.2, 0) is 0 Å². The molecular weight excluding hydrogens is 428 g/mol. The molecule has 178 valence electrons. The Bertz CT molecular complexity index is 1280. The third-order valence-corrected chi connectivity index (χ3v) is 5.75. The van der Waals surface area contributed by atoms with Crippen molar-refractivity contribution in [3.63, 3.8) is 0 Å². The van der Waals surface area contributed by atoms with Crippen LogP contribution in [0.2, 0.25) is 0 Å². The van der Waals surface area contributed by atoms with Gasteiger partial charge in [0, 0.05) is 39.4 Å². The van der Waals surface area contributed by atoms with Crippen molar-refractivity contribution in [2.45, 2.75) is 0 Å². The Morgan fingerprint density at radius 3 is 2.59 bits per heavy atom. The van der Waals surface area contributed by atoms with E-state index in [1.807, 2.05) is 49.1 Å². The Hall–Kier alpha value is -3.98. The molecular formula is C25H32N8O. The molecule has 0 bridgehead atoms. The summed E-state index contributed by atoms with van der Waals surface area (Å²) in [5, 5.41) is 7.61. The number of nitrogens with zero attached hydrogens (tertiary/aromatic N) is 5. The molecule has 34 heavy (non-hydrogen) atoms. The van der Waals surface area contributed by atoms with E-state index >= 15 is 0 Å². The Morgan fingerprint density at radius 2 is 1.85 bits per heavy atom. The first kappa shape index (κ1) is 23.2. The minimum atomic E-state index is 0.443. The molecule has 0 amide bonds. The number of nitrogen functional groups attached to an aromatic ring is 1. The second-order valence-electron chi connectivity index (χ2n) is 8.39. The van der Waals surface area contributed by atoms with Gasteiger partial charge in [0.15, 0.2) is 5.82 Å². The molecule has 0 radical (unpaired) electrons. The van der Waals surface area contributed by atoms with Gasteiger partial charge in [-0.25, -0.2) is 4.98 Å². The maximum absolute atomic E-state index is 6.42. The van der Waals surface area contributed by atoms with Gasteiger partial charge in [0.25, 0.3) is 0 Å². The molecule has 9 nitrogen and oxygen atoms in total. The lowest BCUT2D eigenvalue weighted by Gasteiger charge is -2.24. The van der Waals surface area contributed by atoms with Gasteiger partial charge in [0.05, 0.1) is 41.6 Å². The highest BCUT2D eigenvalue weighted by Gasteiger charge is 2.15. The van der Waals surface area contributed by atoms with Crippen LogP contribution in [0.25, 0.3) is 16.7 Å². The predicted molar refractivity (Wildman–Crippen MR) is 141 cm³/mol.